The fourth-order valence-corrected chi connectivity index (χ4v) is 2.05. The minimum absolute atomic E-state index is 0.0766. The second-order valence-electron chi connectivity index (χ2n) is 4.60. The maximum Gasteiger partial charge on any atom is 0.254 e. The fourth-order valence-electron chi connectivity index (χ4n) is 2.05. The highest BCUT2D eigenvalue weighted by atomic mass is 19.1. The van der Waals surface area contributed by atoms with Gasteiger partial charge in [-0.05, 0) is 32.0 Å². The van der Waals surface area contributed by atoms with Gasteiger partial charge in [0.15, 0.2) is 0 Å². The Morgan fingerprint density at radius 2 is 2.24 bits per heavy atom. The highest BCUT2D eigenvalue weighted by molar-refractivity contribution is 5.94. The summed E-state index contributed by atoms with van der Waals surface area (Å²) in [5.74, 6) is 4.48. The van der Waals surface area contributed by atoms with Crippen molar-refractivity contribution in [1.29, 1.82) is 0 Å². The molecule has 0 fully saturated rings. The van der Waals surface area contributed by atoms with Crippen LogP contribution in [0.2, 0.25) is 0 Å². The molecule has 5 heteroatoms. The van der Waals surface area contributed by atoms with Gasteiger partial charge in [-0.2, -0.15) is 0 Å². The monoisotopic (exact) mass is 292 g/mol. The quantitative estimate of drug-likeness (QED) is 0.839. The van der Waals surface area contributed by atoms with Gasteiger partial charge in [-0.1, -0.05) is 11.8 Å². The minimum Gasteiger partial charge on any atom is -0.383 e. The number of hydrogen-bond acceptors (Lipinski definition) is 3. The third kappa shape index (κ3) is 4.55. The van der Waals surface area contributed by atoms with Crippen molar-refractivity contribution in [1.82, 2.24) is 4.90 Å². The van der Waals surface area contributed by atoms with Gasteiger partial charge in [0, 0.05) is 19.2 Å². The molecule has 0 radical (unpaired) electrons. The summed E-state index contributed by atoms with van der Waals surface area (Å²) in [6.07, 6.45) is 0. The molecule has 1 rings (SSSR count). The third-order valence-electron chi connectivity index (χ3n) is 3.08. The van der Waals surface area contributed by atoms with Crippen molar-refractivity contribution in [2.45, 2.75) is 19.9 Å². The maximum absolute atomic E-state index is 13.9. The minimum atomic E-state index is -0.516. The van der Waals surface area contributed by atoms with Crippen LogP contribution in [0.25, 0.3) is 0 Å². The van der Waals surface area contributed by atoms with Crippen molar-refractivity contribution >= 4 is 5.91 Å². The molecule has 2 N–H and O–H groups in total. The molecule has 0 aliphatic carbocycles. The molecule has 4 nitrogen and oxygen atoms in total. The second-order valence-corrected chi connectivity index (χ2v) is 4.60. The summed E-state index contributed by atoms with van der Waals surface area (Å²) in [5, 5.41) is 0. The molecule has 21 heavy (non-hydrogen) atoms. The van der Waals surface area contributed by atoms with E-state index >= 15 is 0 Å². The van der Waals surface area contributed by atoms with Crippen LogP contribution in [0.3, 0.4) is 0 Å². The van der Waals surface area contributed by atoms with E-state index in [0.29, 0.717) is 18.7 Å². The lowest BCUT2D eigenvalue weighted by Gasteiger charge is -2.27. The molecule has 1 amide bonds. The van der Waals surface area contributed by atoms with E-state index in [1.54, 1.807) is 18.1 Å². The Labute approximate surface area is 125 Å². The van der Waals surface area contributed by atoms with Crippen LogP contribution in [-0.2, 0) is 4.74 Å². The van der Waals surface area contributed by atoms with Crippen LogP contribution in [0.4, 0.5) is 4.39 Å². The standard InChI is InChI=1S/C16H21FN2O2/c1-4-19(12(2)11-21-3)16(20)14-8-7-13(6-5-9-18)15(17)10-14/h7-8,10,12H,4,9,11,18H2,1-3H3. The summed E-state index contributed by atoms with van der Waals surface area (Å²) in [7, 11) is 1.58. The van der Waals surface area contributed by atoms with Crippen LogP contribution in [0.1, 0.15) is 29.8 Å². The maximum atomic E-state index is 13.9. The van der Waals surface area contributed by atoms with Gasteiger partial charge < -0.3 is 15.4 Å². The number of ether oxygens (including phenoxy) is 1. The van der Waals surface area contributed by atoms with E-state index in [1.165, 1.54) is 12.1 Å². The first-order valence-electron chi connectivity index (χ1n) is 6.83. The molecule has 114 valence electrons. The van der Waals surface area contributed by atoms with Gasteiger partial charge in [0.2, 0.25) is 0 Å². The van der Waals surface area contributed by atoms with Crippen molar-refractivity contribution in [2.75, 3.05) is 26.8 Å². The normalized spacial score (nSPS) is 11.5. The number of rotatable bonds is 5. The molecule has 0 aromatic heterocycles. The number of carbonyl (C=O) groups is 1. The van der Waals surface area contributed by atoms with Crippen LogP contribution in [0.5, 0.6) is 0 Å². The molecule has 1 atom stereocenters. The topological polar surface area (TPSA) is 55.6 Å². The molecular weight excluding hydrogens is 271 g/mol. The number of methoxy groups -OCH3 is 1. The molecule has 0 aliphatic rings. The van der Waals surface area contributed by atoms with Crippen LogP contribution in [0.15, 0.2) is 18.2 Å². The van der Waals surface area contributed by atoms with E-state index in [0.717, 1.165) is 0 Å². The summed E-state index contributed by atoms with van der Waals surface area (Å²) in [4.78, 5) is 14.1. The van der Waals surface area contributed by atoms with E-state index in [-0.39, 0.29) is 24.1 Å². The summed E-state index contributed by atoms with van der Waals surface area (Å²) in [6.45, 7) is 4.89. The average Bonchev–Trinajstić information content (AvgIpc) is 2.46. The number of amides is 1. The van der Waals surface area contributed by atoms with E-state index in [2.05, 4.69) is 11.8 Å². The molecule has 1 aromatic carbocycles. The van der Waals surface area contributed by atoms with Crippen LogP contribution in [-0.4, -0.2) is 43.7 Å². The van der Waals surface area contributed by atoms with Crippen molar-refractivity contribution in [3.05, 3.63) is 35.1 Å². The van der Waals surface area contributed by atoms with E-state index < -0.39 is 5.82 Å². The smallest absolute Gasteiger partial charge is 0.254 e. The Bertz CT molecular complexity index is 549. The van der Waals surface area contributed by atoms with Crippen LogP contribution in [0, 0.1) is 17.7 Å². The van der Waals surface area contributed by atoms with Crippen LogP contribution >= 0.6 is 0 Å². The first kappa shape index (κ1) is 17.2. The Balaban J connectivity index is 2.99. The lowest BCUT2D eigenvalue weighted by Crippen LogP contribution is -2.40. The van der Waals surface area contributed by atoms with E-state index in [4.69, 9.17) is 10.5 Å². The van der Waals surface area contributed by atoms with Crippen molar-refractivity contribution in [3.63, 3.8) is 0 Å². The third-order valence-corrected chi connectivity index (χ3v) is 3.08. The molecule has 0 heterocycles. The number of nitrogens with zero attached hydrogens (tertiary/aromatic N) is 1. The van der Waals surface area contributed by atoms with Gasteiger partial charge in [0.05, 0.1) is 24.8 Å². The number of likely N-dealkylation sites (N-methyl/N-ethyl adjacent to an activating group) is 1. The molecule has 0 saturated heterocycles. The lowest BCUT2D eigenvalue weighted by atomic mass is 10.1. The van der Waals surface area contributed by atoms with Gasteiger partial charge >= 0.3 is 0 Å². The predicted molar refractivity (Wildman–Crippen MR) is 80.4 cm³/mol. The molecule has 0 spiro atoms. The number of hydrogen-bond donors (Lipinski definition) is 1. The number of carbonyl (C=O) groups excluding carboxylic acids is 1. The zero-order valence-electron chi connectivity index (χ0n) is 12.6. The van der Waals surface area contributed by atoms with Gasteiger partial charge in [0.25, 0.3) is 5.91 Å². The van der Waals surface area contributed by atoms with Gasteiger partial charge in [-0.3, -0.25) is 4.79 Å². The molecule has 0 saturated carbocycles. The molecule has 1 unspecified atom stereocenters. The second kappa shape index (κ2) is 8.40. The van der Waals surface area contributed by atoms with Crippen LogP contribution < -0.4 is 5.73 Å². The summed E-state index contributed by atoms with van der Waals surface area (Å²) in [5.41, 5.74) is 5.80. The Kier molecular flexibility index (Phi) is 6.86. The van der Waals surface area contributed by atoms with Gasteiger partial charge in [-0.15, -0.1) is 0 Å². The van der Waals surface area contributed by atoms with Crippen molar-refractivity contribution < 1.29 is 13.9 Å². The molecular formula is C16H21FN2O2. The number of benzene rings is 1. The summed E-state index contributed by atoms with van der Waals surface area (Å²) < 4.78 is 19.0. The summed E-state index contributed by atoms with van der Waals surface area (Å²) in [6, 6.07) is 4.21. The highest BCUT2D eigenvalue weighted by Gasteiger charge is 2.20. The molecule has 0 aliphatic heterocycles. The SMILES string of the molecule is CCN(C(=O)c1ccc(C#CCN)c(F)c1)C(C)COC. The number of nitrogens with two attached hydrogens (primary N) is 1. The summed E-state index contributed by atoms with van der Waals surface area (Å²) >= 11 is 0. The highest BCUT2D eigenvalue weighted by Crippen LogP contribution is 2.13. The first-order valence-corrected chi connectivity index (χ1v) is 6.83. The van der Waals surface area contributed by atoms with Gasteiger partial charge in [0.1, 0.15) is 5.82 Å². The first-order chi connectivity index (χ1) is 10.0. The predicted octanol–water partition coefficient (Wildman–Crippen LogP) is 1.63. The fraction of sp³-hybridized carbons (Fsp3) is 0.438. The number of halogens is 1. The Morgan fingerprint density at radius 1 is 1.52 bits per heavy atom. The zero-order valence-corrected chi connectivity index (χ0v) is 12.6. The Hall–Kier alpha value is -1.90. The Morgan fingerprint density at radius 3 is 2.76 bits per heavy atom. The molecule has 0 bridgehead atoms. The average molecular weight is 292 g/mol. The lowest BCUT2D eigenvalue weighted by molar-refractivity contribution is 0.0579. The molecule has 1 aromatic rings. The van der Waals surface area contributed by atoms with Crippen molar-refractivity contribution in [2.24, 2.45) is 5.73 Å². The largest absolute Gasteiger partial charge is 0.383 e. The van der Waals surface area contributed by atoms with E-state index in [9.17, 15) is 9.18 Å². The van der Waals surface area contributed by atoms with E-state index in [1.807, 2.05) is 13.8 Å². The zero-order chi connectivity index (χ0) is 15.8. The van der Waals surface area contributed by atoms with Gasteiger partial charge in [-0.25, -0.2) is 4.39 Å². The van der Waals surface area contributed by atoms with Crippen molar-refractivity contribution in [3.8, 4) is 11.8 Å².